The summed E-state index contributed by atoms with van der Waals surface area (Å²) in [6.45, 7) is 6.44. The molecule has 0 saturated carbocycles. The normalized spacial score (nSPS) is 14.8. The van der Waals surface area contributed by atoms with Gasteiger partial charge in [0.1, 0.15) is 5.75 Å². The summed E-state index contributed by atoms with van der Waals surface area (Å²) >= 11 is 0. The monoisotopic (exact) mass is 223 g/mol. The molecule has 3 nitrogen and oxygen atoms in total. The first-order chi connectivity index (χ1) is 7.49. The van der Waals surface area contributed by atoms with Gasteiger partial charge >= 0.3 is 0 Å². The zero-order valence-electron chi connectivity index (χ0n) is 10.2. The summed E-state index contributed by atoms with van der Waals surface area (Å²) in [6.07, 6.45) is 0.417. The first-order valence-electron chi connectivity index (χ1n) is 5.69. The molecule has 0 fully saturated rings. The Morgan fingerprint density at radius 3 is 2.62 bits per heavy atom. The molecule has 0 spiro atoms. The molecule has 2 atom stereocenters. The van der Waals surface area contributed by atoms with Crippen LogP contribution in [0.4, 0.5) is 0 Å². The predicted molar refractivity (Wildman–Crippen MR) is 65.4 cm³/mol. The molecule has 0 heterocycles. The van der Waals surface area contributed by atoms with Crippen molar-refractivity contribution < 1.29 is 10.2 Å². The maximum absolute atomic E-state index is 9.64. The smallest absolute Gasteiger partial charge is 0.120 e. The highest BCUT2D eigenvalue weighted by Crippen LogP contribution is 2.18. The molecule has 1 aromatic carbocycles. The number of hydrogen-bond donors (Lipinski definition) is 3. The van der Waals surface area contributed by atoms with Crippen molar-refractivity contribution in [2.45, 2.75) is 45.9 Å². The quantitative estimate of drug-likeness (QED) is 0.715. The lowest BCUT2D eigenvalue weighted by molar-refractivity contribution is 0.170. The second-order valence-electron chi connectivity index (χ2n) is 4.50. The van der Waals surface area contributed by atoms with Gasteiger partial charge in [-0.25, -0.2) is 0 Å². The first kappa shape index (κ1) is 13.0. The topological polar surface area (TPSA) is 52.5 Å². The number of phenols is 1. The Bertz CT molecular complexity index is 337. The van der Waals surface area contributed by atoms with E-state index in [9.17, 15) is 10.2 Å². The number of benzene rings is 1. The van der Waals surface area contributed by atoms with Crippen molar-refractivity contribution in [3.05, 3.63) is 29.3 Å². The SMILES string of the molecule is Cc1ccc(O)c(CNC(C)CC(C)O)c1. The minimum Gasteiger partial charge on any atom is -0.508 e. The highest BCUT2D eigenvalue weighted by molar-refractivity contribution is 5.35. The first-order valence-corrected chi connectivity index (χ1v) is 5.69. The summed E-state index contributed by atoms with van der Waals surface area (Å²) in [5, 5.41) is 22.1. The minimum absolute atomic E-state index is 0.236. The minimum atomic E-state index is -0.298. The van der Waals surface area contributed by atoms with Crippen molar-refractivity contribution in [3.8, 4) is 5.75 Å². The molecule has 0 aromatic heterocycles. The number of nitrogens with one attached hydrogen (secondary N) is 1. The fraction of sp³-hybridized carbons (Fsp3) is 0.538. The fourth-order valence-corrected chi connectivity index (χ4v) is 1.74. The van der Waals surface area contributed by atoms with E-state index in [0.29, 0.717) is 18.7 Å². The van der Waals surface area contributed by atoms with Crippen LogP contribution in [-0.2, 0) is 6.54 Å². The molecule has 0 aliphatic rings. The number of rotatable bonds is 5. The summed E-state index contributed by atoms with van der Waals surface area (Å²) in [6, 6.07) is 5.81. The Morgan fingerprint density at radius 2 is 2.00 bits per heavy atom. The van der Waals surface area contributed by atoms with Crippen LogP contribution in [0.2, 0.25) is 0 Å². The summed E-state index contributed by atoms with van der Waals surface area (Å²) in [5.74, 6) is 0.322. The Balaban J connectivity index is 2.51. The molecule has 3 N–H and O–H groups in total. The molecular weight excluding hydrogens is 202 g/mol. The number of aliphatic hydroxyl groups excluding tert-OH is 1. The van der Waals surface area contributed by atoms with Gasteiger partial charge in [-0.1, -0.05) is 17.7 Å². The van der Waals surface area contributed by atoms with Crippen molar-refractivity contribution in [2.24, 2.45) is 0 Å². The molecule has 3 heteroatoms. The Hall–Kier alpha value is -1.06. The van der Waals surface area contributed by atoms with Crippen LogP contribution >= 0.6 is 0 Å². The van der Waals surface area contributed by atoms with Crippen LogP contribution in [0.25, 0.3) is 0 Å². The van der Waals surface area contributed by atoms with Gasteiger partial charge in [0.2, 0.25) is 0 Å². The molecule has 0 radical (unpaired) electrons. The van der Waals surface area contributed by atoms with Crippen LogP contribution in [0.1, 0.15) is 31.4 Å². The highest BCUT2D eigenvalue weighted by Gasteiger charge is 2.07. The number of phenolic OH excluding ortho intramolecular Hbond substituents is 1. The molecule has 0 saturated heterocycles. The van der Waals surface area contributed by atoms with Crippen LogP contribution < -0.4 is 5.32 Å². The third kappa shape index (κ3) is 4.21. The third-order valence-corrected chi connectivity index (χ3v) is 2.57. The van der Waals surface area contributed by atoms with Gasteiger partial charge in [0.15, 0.2) is 0 Å². The van der Waals surface area contributed by atoms with Gasteiger partial charge in [0.05, 0.1) is 6.10 Å². The van der Waals surface area contributed by atoms with Gasteiger partial charge in [-0.05, 0) is 33.3 Å². The molecule has 90 valence electrons. The van der Waals surface area contributed by atoms with Gasteiger partial charge in [-0.15, -0.1) is 0 Å². The molecule has 0 aliphatic heterocycles. The van der Waals surface area contributed by atoms with Gasteiger partial charge < -0.3 is 15.5 Å². The van der Waals surface area contributed by atoms with Crippen LogP contribution in [0.3, 0.4) is 0 Å². The lowest BCUT2D eigenvalue weighted by Gasteiger charge is -2.16. The van der Waals surface area contributed by atoms with E-state index in [-0.39, 0.29) is 12.1 Å². The summed E-state index contributed by atoms with van der Waals surface area (Å²) in [4.78, 5) is 0. The lowest BCUT2D eigenvalue weighted by Crippen LogP contribution is -2.28. The number of aliphatic hydroxyl groups is 1. The van der Waals surface area contributed by atoms with Crippen molar-refractivity contribution in [3.63, 3.8) is 0 Å². The van der Waals surface area contributed by atoms with Crippen LogP contribution in [-0.4, -0.2) is 22.4 Å². The Kier molecular flexibility index (Phi) is 4.77. The Morgan fingerprint density at radius 1 is 1.31 bits per heavy atom. The van der Waals surface area contributed by atoms with E-state index in [1.54, 1.807) is 13.0 Å². The number of aryl methyl sites for hydroxylation is 1. The zero-order chi connectivity index (χ0) is 12.1. The standard InChI is InChI=1S/C13H21NO2/c1-9-4-5-13(16)12(6-9)8-14-10(2)7-11(3)15/h4-6,10-11,14-16H,7-8H2,1-3H3. The highest BCUT2D eigenvalue weighted by atomic mass is 16.3. The largest absolute Gasteiger partial charge is 0.508 e. The van der Waals surface area contributed by atoms with E-state index in [0.717, 1.165) is 11.1 Å². The second-order valence-corrected chi connectivity index (χ2v) is 4.50. The van der Waals surface area contributed by atoms with E-state index in [1.165, 1.54) is 0 Å². The van der Waals surface area contributed by atoms with Crippen molar-refractivity contribution >= 4 is 0 Å². The van der Waals surface area contributed by atoms with Crippen LogP contribution in [0, 0.1) is 6.92 Å². The fourth-order valence-electron chi connectivity index (χ4n) is 1.74. The van der Waals surface area contributed by atoms with Crippen molar-refractivity contribution in [1.29, 1.82) is 0 Å². The summed E-state index contributed by atoms with van der Waals surface area (Å²) in [5.41, 5.74) is 2.04. The van der Waals surface area contributed by atoms with Gasteiger partial charge in [-0.2, -0.15) is 0 Å². The molecule has 0 amide bonds. The maximum Gasteiger partial charge on any atom is 0.120 e. The van der Waals surface area contributed by atoms with E-state index in [1.807, 2.05) is 26.0 Å². The van der Waals surface area contributed by atoms with Gasteiger partial charge in [-0.3, -0.25) is 0 Å². The molecule has 0 aliphatic carbocycles. The van der Waals surface area contributed by atoms with E-state index in [4.69, 9.17) is 0 Å². The third-order valence-electron chi connectivity index (χ3n) is 2.57. The second kappa shape index (κ2) is 5.87. The van der Waals surface area contributed by atoms with Gasteiger partial charge in [0.25, 0.3) is 0 Å². The van der Waals surface area contributed by atoms with Crippen molar-refractivity contribution in [2.75, 3.05) is 0 Å². The molecule has 16 heavy (non-hydrogen) atoms. The van der Waals surface area contributed by atoms with Crippen molar-refractivity contribution in [1.82, 2.24) is 5.32 Å². The Labute approximate surface area is 97.1 Å². The lowest BCUT2D eigenvalue weighted by atomic mass is 10.1. The van der Waals surface area contributed by atoms with E-state index in [2.05, 4.69) is 5.32 Å². The predicted octanol–water partition coefficient (Wildman–Crippen LogP) is 1.95. The van der Waals surface area contributed by atoms with E-state index < -0.39 is 0 Å². The number of aromatic hydroxyl groups is 1. The van der Waals surface area contributed by atoms with Crippen LogP contribution in [0.5, 0.6) is 5.75 Å². The molecule has 1 rings (SSSR count). The molecule has 0 bridgehead atoms. The average Bonchev–Trinajstić information content (AvgIpc) is 2.18. The van der Waals surface area contributed by atoms with Gasteiger partial charge in [0, 0.05) is 18.2 Å². The molecule has 1 aromatic rings. The molecular formula is C13H21NO2. The maximum atomic E-state index is 9.64. The average molecular weight is 223 g/mol. The summed E-state index contributed by atoms with van der Waals surface area (Å²) in [7, 11) is 0. The number of hydrogen-bond acceptors (Lipinski definition) is 3. The molecule has 2 unspecified atom stereocenters. The van der Waals surface area contributed by atoms with Crippen LogP contribution in [0.15, 0.2) is 18.2 Å². The van der Waals surface area contributed by atoms with E-state index >= 15 is 0 Å². The summed E-state index contributed by atoms with van der Waals surface area (Å²) < 4.78 is 0. The zero-order valence-corrected chi connectivity index (χ0v) is 10.2.